The van der Waals surface area contributed by atoms with Crippen LogP contribution in [0, 0.1) is 0 Å². The number of carbonyl (C=O) groups is 1. The lowest BCUT2D eigenvalue weighted by Crippen LogP contribution is -2.30. The summed E-state index contributed by atoms with van der Waals surface area (Å²) in [6.07, 6.45) is 0.804. The molecule has 1 N–H and O–H groups in total. The molecule has 0 spiro atoms. The van der Waals surface area contributed by atoms with E-state index in [1.165, 1.54) is 11.0 Å². The number of ether oxygens (including phenoxy) is 1. The van der Waals surface area contributed by atoms with E-state index in [2.05, 4.69) is 20.8 Å². The third-order valence-electron chi connectivity index (χ3n) is 4.38. The number of aromatic nitrogens is 4. The van der Waals surface area contributed by atoms with Crippen molar-refractivity contribution in [2.75, 3.05) is 5.32 Å². The molecule has 29 heavy (non-hydrogen) atoms. The zero-order chi connectivity index (χ0) is 20.1. The molecule has 144 valence electrons. The number of rotatable bonds is 6. The molecule has 7 heteroatoms. The number of hydrogen-bond acceptors (Lipinski definition) is 5. The lowest BCUT2D eigenvalue weighted by atomic mass is 10.0. The molecule has 4 rings (SSSR count). The molecular weight excluding hydrogens is 366 g/mol. The highest BCUT2D eigenvalue weighted by molar-refractivity contribution is 5.98. The van der Waals surface area contributed by atoms with Crippen LogP contribution in [0.15, 0.2) is 85.2 Å². The molecule has 0 unspecified atom stereocenters. The Morgan fingerprint density at radius 2 is 1.79 bits per heavy atom. The molecule has 0 aliphatic rings. The highest BCUT2D eigenvalue weighted by atomic mass is 16.5. The minimum absolute atomic E-state index is 0.235. The highest BCUT2D eigenvalue weighted by Gasteiger charge is 2.17. The van der Waals surface area contributed by atoms with E-state index in [0.717, 1.165) is 22.5 Å². The first-order valence-electron chi connectivity index (χ1n) is 9.16. The predicted octanol–water partition coefficient (Wildman–Crippen LogP) is 3.74. The van der Waals surface area contributed by atoms with E-state index in [1.54, 1.807) is 19.1 Å². The van der Waals surface area contributed by atoms with E-state index in [0.29, 0.717) is 5.75 Å². The molecule has 7 nitrogen and oxygen atoms in total. The van der Waals surface area contributed by atoms with Gasteiger partial charge in [0.1, 0.15) is 12.1 Å². The fraction of sp³-hybridized carbons (Fsp3) is 0.0909. The van der Waals surface area contributed by atoms with E-state index in [1.807, 2.05) is 66.7 Å². The topological polar surface area (TPSA) is 81.9 Å². The van der Waals surface area contributed by atoms with E-state index >= 15 is 0 Å². The summed E-state index contributed by atoms with van der Waals surface area (Å²) in [6, 6.07) is 24.9. The summed E-state index contributed by atoms with van der Waals surface area (Å²) in [5.41, 5.74) is 3.47. The first-order valence-corrected chi connectivity index (χ1v) is 9.16. The van der Waals surface area contributed by atoms with Gasteiger partial charge in [-0.25, -0.2) is 4.68 Å². The zero-order valence-electron chi connectivity index (χ0n) is 15.8. The number of nitrogens with zero attached hydrogens (tertiary/aromatic N) is 4. The number of hydrogen-bond donors (Lipinski definition) is 1. The van der Waals surface area contributed by atoms with Crippen LogP contribution >= 0.6 is 0 Å². The molecule has 0 aliphatic heterocycles. The monoisotopic (exact) mass is 385 g/mol. The second kappa shape index (κ2) is 8.35. The van der Waals surface area contributed by atoms with Crippen molar-refractivity contribution in [2.45, 2.75) is 13.0 Å². The van der Waals surface area contributed by atoms with Gasteiger partial charge < -0.3 is 10.1 Å². The molecule has 0 aliphatic carbocycles. The third kappa shape index (κ3) is 4.30. The van der Waals surface area contributed by atoms with Gasteiger partial charge in [-0.3, -0.25) is 4.79 Å². The van der Waals surface area contributed by atoms with Crippen molar-refractivity contribution in [1.29, 1.82) is 0 Å². The number of nitrogens with one attached hydrogen (secondary N) is 1. The zero-order valence-corrected chi connectivity index (χ0v) is 15.8. The summed E-state index contributed by atoms with van der Waals surface area (Å²) in [5.74, 6) is 0.318. The SMILES string of the molecule is C[C@@H](Oc1cccc(-n2cnnn2)c1)C(=O)Nc1ccccc1-c1ccccc1. The summed E-state index contributed by atoms with van der Waals surface area (Å²) < 4.78 is 7.36. The van der Waals surface area contributed by atoms with Crippen LogP contribution in [0.5, 0.6) is 5.75 Å². The van der Waals surface area contributed by atoms with Crippen LogP contribution in [0.25, 0.3) is 16.8 Å². The van der Waals surface area contributed by atoms with Gasteiger partial charge in [0.2, 0.25) is 0 Å². The number of para-hydroxylation sites is 1. The summed E-state index contributed by atoms with van der Waals surface area (Å²) in [4.78, 5) is 12.7. The van der Waals surface area contributed by atoms with E-state index in [9.17, 15) is 4.79 Å². The Labute approximate surface area is 168 Å². The molecule has 0 radical (unpaired) electrons. The van der Waals surface area contributed by atoms with Gasteiger partial charge >= 0.3 is 0 Å². The molecule has 1 atom stereocenters. The minimum atomic E-state index is -0.692. The number of carbonyl (C=O) groups excluding carboxylic acids is 1. The Morgan fingerprint density at radius 3 is 2.59 bits per heavy atom. The van der Waals surface area contributed by atoms with Crippen molar-refractivity contribution in [2.24, 2.45) is 0 Å². The Morgan fingerprint density at radius 1 is 1.00 bits per heavy atom. The fourth-order valence-electron chi connectivity index (χ4n) is 2.93. The molecule has 1 heterocycles. The van der Waals surface area contributed by atoms with Crippen molar-refractivity contribution in [3.63, 3.8) is 0 Å². The summed E-state index contributed by atoms with van der Waals surface area (Å²) in [5, 5.41) is 14.1. The van der Waals surface area contributed by atoms with Crippen LogP contribution in [0.2, 0.25) is 0 Å². The maximum atomic E-state index is 12.7. The number of tetrazole rings is 1. The molecule has 0 saturated carbocycles. The highest BCUT2D eigenvalue weighted by Crippen LogP contribution is 2.28. The van der Waals surface area contributed by atoms with Crippen molar-refractivity contribution in [3.8, 4) is 22.6 Å². The minimum Gasteiger partial charge on any atom is -0.481 e. The van der Waals surface area contributed by atoms with Crippen LogP contribution < -0.4 is 10.1 Å². The molecule has 0 bridgehead atoms. The van der Waals surface area contributed by atoms with Gasteiger partial charge in [0.15, 0.2) is 6.10 Å². The van der Waals surface area contributed by atoms with Gasteiger partial charge in [-0.2, -0.15) is 0 Å². The lowest BCUT2D eigenvalue weighted by molar-refractivity contribution is -0.122. The Kier molecular flexibility index (Phi) is 5.29. The normalized spacial score (nSPS) is 11.6. The quantitative estimate of drug-likeness (QED) is 0.547. The summed E-state index contributed by atoms with van der Waals surface area (Å²) >= 11 is 0. The predicted molar refractivity (Wildman–Crippen MR) is 110 cm³/mol. The smallest absolute Gasteiger partial charge is 0.265 e. The largest absolute Gasteiger partial charge is 0.481 e. The maximum absolute atomic E-state index is 12.7. The number of benzene rings is 3. The fourth-order valence-corrected chi connectivity index (χ4v) is 2.93. The third-order valence-corrected chi connectivity index (χ3v) is 4.38. The first kappa shape index (κ1) is 18.4. The Balaban J connectivity index is 1.48. The van der Waals surface area contributed by atoms with Gasteiger partial charge in [0.25, 0.3) is 5.91 Å². The van der Waals surface area contributed by atoms with Gasteiger partial charge in [0, 0.05) is 17.3 Å². The second-order valence-electron chi connectivity index (χ2n) is 6.41. The lowest BCUT2D eigenvalue weighted by Gasteiger charge is -2.17. The van der Waals surface area contributed by atoms with Crippen LogP contribution in [-0.2, 0) is 4.79 Å². The van der Waals surface area contributed by atoms with Crippen LogP contribution in [0.3, 0.4) is 0 Å². The van der Waals surface area contributed by atoms with Crippen molar-refractivity contribution < 1.29 is 9.53 Å². The molecule has 4 aromatic rings. The molecule has 0 fully saturated rings. The van der Waals surface area contributed by atoms with Crippen LogP contribution in [0.4, 0.5) is 5.69 Å². The maximum Gasteiger partial charge on any atom is 0.265 e. The van der Waals surface area contributed by atoms with Gasteiger partial charge in [-0.1, -0.05) is 54.6 Å². The van der Waals surface area contributed by atoms with Crippen molar-refractivity contribution in [1.82, 2.24) is 20.2 Å². The van der Waals surface area contributed by atoms with Crippen LogP contribution in [-0.4, -0.2) is 32.2 Å². The molecular formula is C22H19N5O2. The van der Waals surface area contributed by atoms with E-state index in [4.69, 9.17) is 4.74 Å². The summed E-state index contributed by atoms with van der Waals surface area (Å²) in [6.45, 7) is 1.71. The van der Waals surface area contributed by atoms with Gasteiger partial charge in [-0.05, 0) is 41.1 Å². The number of amides is 1. The molecule has 1 amide bonds. The molecule has 0 saturated heterocycles. The average Bonchev–Trinajstić information content (AvgIpc) is 3.30. The Bertz CT molecular complexity index is 1100. The first-order chi connectivity index (χ1) is 14.2. The second-order valence-corrected chi connectivity index (χ2v) is 6.41. The van der Waals surface area contributed by atoms with Gasteiger partial charge in [-0.15, -0.1) is 5.10 Å². The average molecular weight is 385 g/mol. The molecule has 1 aromatic heterocycles. The summed E-state index contributed by atoms with van der Waals surface area (Å²) in [7, 11) is 0. The number of anilines is 1. The Hall–Kier alpha value is -4.00. The van der Waals surface area contributed by atoms with Crippen molar-refractivity contribution in [3.05, 3.63) is 85.2 Å². The van der Waals surface area contributed by atoms with Gasteiger partial charge in [0.05, 0.1) is 5.69 Å². The molecule has 3 aromatic carbocycles. The van der Waals surface area contributed by atoms with E-state index < -0.39 is 6.10 Å². The standard InChI is InChI=1S/C22H19N5O2/c1-16(29-19-11-7-10-18(14-19)27-15-23-25-26-27)22(28)24-21-13-6-5-12-20(21)17-8-3-2-4-9-17/h2-16H,1H3,(H,24,28)/t16-/m1/s1. The van der Waals surface area contributed by atoms with Crippen LogP contribution in [0.1, 0.15) is 6.92 Å². The van der Waals surface area contributed by atoms with Crippen molar-refractivity contribution >= 4 is 11.6 Å². The van der Waals surface area contributed by atoms with E-state index in [-0.39, 0.29) is 5.91 Å².